The molecule has 0 saturated carbocycles. The van der Waals surface area contributed by atoms with Gasteiger partial charge in [-0.05, 0) is 91.6 Å². The second-order valence-electron chi connectivity index (χ2n) is 11.1. The SMILES string of the molecule is CCCCOCCOc1ccc(-c2ccc(S(=O)C(C)C)c(/C=C/C(=O)Nc3ccc(SCc4c(C)ncn4CC)cc3)c2)cc1. The summed E-state index contributed by atoms with van der Waals surface area (Å²) in [4.78, 5) is 19.2. The maximum Gasteiger partial charge on any atom is 0.248 e. The van der Waals surface area contributed by atoms with Gasteiger partial charge in [-0.25, -0.2) is 4.98 Å². The minimum atomic E-state index is -1.22. The third-order valence-corrected chi connectivity index (χ3v) is 10.1. The predicted molar refractivity (Wildman–Crippen MR) is 191 cm³/mol. The average Bonchev–Trinajstić information content (AvgIpc) is 3.43. The van der Waals surface area contributed by atoms with Crippen molar-refractivity contribution >= 4 is 40.2 Å². The molecule has 3 aromatic carbocycles. The molecule has 4 rings (SSSR count). The van der Waals surface area contributed by atoms with Gasteiger partial charge in [0.1, 0.15) is 12.4 Å². The summed E-state index contributed by atoms with van der Waals surface area (Å²) in [5.74, 6) is 1.36. The van der Waals surface area contributed by atoms with Crippen molar-refractivity contribution < 1.29 is 18.5 Å². The summed E-state index contributed by atoms with van der Waals surface area (Å²) in [6.45, 7) is 12.9. The van der Waals surface area contributed by atoms with E-state index in [4.69, 9.17) is 9.47 Å². The fraction of sp³-hybridized carbons (Fsp3) is 0.351. The molecule has 0 fully saturated rings. The van der Waals surface area contributed by atoms with Crippen molar-refractivity contribution in [3.05, 3.63) is 96.1 Å². The molecular formula is C37H45N3O4S2. The van der Waals surface area contributed by atoms with Gasteiger partial charge in [-0.15, -0.1) is 11.8 Å². The normalized spacial score (nSPS) is 12.1. The highest BCUT2D eigenvalue weighted by atomic mass is 32.2. The number of rotatable bonds is 17. The van der Waals surface area contributed by atoms with E-state index in [9.17, 15) is 9.00 Å². The van der Waals surface area contributed by atoms with Crippen LogP contribution in [0.5, 0.6) is 5.75 Å². The molecule has 0 radical (unpaired) electrons. The Labute approximate surface area is 280 Å². The average molecular weight is 660 g/mol. The molecule has 1 heterocycles. The molecule has 244 valence electrons. The molecule has 1 atom stereocenters. The highest BCUT2D eigenvalue weighted by Crippen LogP contribution is 2.29. The van der Waals surface area contributed by atoms with Gasteiger partial charge in [0.15, 0.2) is 0 Å². The van der Waals surface area contributed by atoms with Crippen molar-refractivity contribution in [2.75, 3.05) is 25.1 Å². The van der Waals surface area contributed by atoms with E-state index in [-0.39, 0.29) is 11.2 Å². The van der Waals surface area contributed by atoms with Gasteiger partial charge in [-0.2, -0.15) is 0 Å². The molecule has 7 nitrogen and oxygen atoms in total. The van der Waals surface area contributed by atoms with Crippen molar-refractivity contribution in [2.45, 2.75) is 74.8 Å². The maximum atomic E-state index is 13.1. The number of unbranched alkanes of at least 4 members (excludes halogenated alkanes) is 1. The van der Waals surface area contributed by atoms with Crippen LogP contribution in [0.2, 0.25) is 0 Å². The third kappa shape index (κ3) is 10.2. The van der Waals surface area contributed by atoms with Crippen LogP contribution < -0.4 is 10.1 Å². The number of carbonyl (C=O) groups is 1. The molecule has 0 saturated heterocycles. The molecule has 0 spiro atoms. The first-order valence-electron chi connectivity index (χ1n) is 15.9. The second-order valence-corrected chi connectivity index (χ2v) is 14.2. The fourth-order valence-corrected chi connectivity index (χ4v) is 6.79. The third-order valence-electron chi connectivity index (χ3n) is 7.39. The second kappa shape index (κ2) is 17.9. The summed E-state index contributed by atoms with van der Waals surface area (Å²) in [5.41, 5.74) is 5.70. The minimum Gasteiger partial charge on any atom is -0.491 e. The van der Waals surface area contributed by atoms with E-state index >= 15 is 0 Å². The number of hydrogen-bond acceptors (Lipinski definition) is 6. The monoisotopic (exact) mass is 659 g/mol. The highest BCUT2D eigenvalue weighted by Gasteiger charge is 2.14. The minimum absolute atomic E-state index is 0.0583. The van der Waals surface area contributed by atoms with Gasteiger partial charge in [0.25, 0.3) is 0 Å². The van der Waals surface area contributed by atoms with Crippen molar-refractivity contribution in [1.82, 2.24) is 9.55 Å². The van der Waals surface area contributed by atoms with Gasteiger partial charge in [-0.1, -0.05) is 45.4 Å². The van der Waals surface area contributed by atoms with Crippen LogP contribution in [0.4, 0.5) is 5.69 Å². The van der Waals surface area contributed by atoms with Gasteiger partial charge in [0.2, 0.25) is 5.91 Å². The van der Waals surface area contributed by atoms with Gasteiger partial charge in [-0.3, -0.25) is 9.00 Å². The Morgan fingerprint density at radius 3 is 2.43 bits per heavy atom. The van der Waals surface area contributed by atoms with Crippen molar-refractivity contribution in [2.24, 2.45) is 0 Å². The first-order chi connectivity index (χ1) is 22.3. The Kier molecular flexibility index (Phi) is 13.7. The van der Waals surface area contributed by atoms with Crippen LogP contribution in [0.3, 0.4) is 0 Å². The number of imidazole rings is 1. The van der Waals surface area contributed by atoms with E-state index in [0.717, 1.165) is 64.8 Å². The van der Waals surface area contributed by atoms with Crippen LogP contribution in [0.25, 0.3) is 17.2 Å². The number of aryl methyl sites for hydroxylation is 2. The molecule has 1 amide bonds. The summed E-state index contributed by atoms with van der Waals surface area (Å²) in [5, 5.41) is 2.89. The van der Waals surface area contributed by atoms with E-state index in [1.54, 1.807) is 17.8 Å². The molecule has 4 aromatic rings. The lowest BCUT2D eigenvalue weighted by atomic mass is 10.0. The molecule has 1 aromatic heterocycles. The number of ether oxygens (including phenoxy) is 2. The molecule has 0 bridgehead atoms. The molecule has 1 unspecified atom stereocenters. The van der Waals surface area contributed by atoms with Gasteiger partial charge in [0, 0.05) is 45.7 Å². The van der Waals surface area contributed by atoms with Gasteiger partial charge >= 0.3 is 0 Å². The largest absolute Gasteiger partial charge is 0.491 e. The maximum absolute atomic E-state index is 13.1. The zero-order valence-electron chi connectivity index (χ0n) is 27.5. The number of nitrogens with zero attached hydrogens (tertiary/aromatic N) is 2. The number of amides is 1. The topological polar surface area (TPSA) is 82.4 Å². The zero-order valence-corrected chi connectivity index (χ0v) is 29.1. The Bertz CT molecular complexity index is 1610. The fourth-order valence-electron chi connectivity index (χ4n) is 4.71. The van der Waals surface area contributed by atoms with Gasteiger partial charge < -0.3 is 19.4 Å². The summed E-state index contributed by atoms with van der Waals surface area (Å²) in [6.07, 6.45) is 7.30. The number of nitrogens with one attached hydrogen (secondary N) is 1. The smallest absolute Gasteiger partial charge is 0.248 e. The van der Waals surface area contributed by atoms with E-state index < -0.39 is 10.8 Å². The van der Waals surface area contributed by atoms with Crippen LogP contribution in [-0.4, -0.2) is 44.7 Å². The van der Waals surface area contributed by atoms with Crippen LogP contribution in [-0.2, 0) is 32.6 Å². The van der Waals surface area contributed by atoms with Crippen LogP contribution in [0.15, 0.2) is 88.9 Å². The van der Waals surface area contributed by atoms with E-state index in [2.05, 4.69) is 28.7 Å². The lowest BCUT2D eigenvalue weighted by Gasteiger charge is -2.12. The summed E-state index contributed by atoms with van der Waals surface area (Å²) in [7, 11) is -1.22. The summed E-state index contributed by atoms with van der Waals surface area (Å²) in [6, 6.07) is 21.6. The molecule has 9 heteroatoms. The standard InChI is InChI=1S/C37H45N3O4S2/c1-6-8-21-43-22-23-44-33-15-9-29(10-16-33)30-11-19-36(46(42)27(3)4)31(24-30)12-20-37(41)39-32-13-17-34(18-14-32)45-25-35-28(5)38-26-40(35)7-2/h9-20,24,26-27H,6-8,21-23,25H2,1-5H3,(H,39,41)/b20-12+. The first-order valence-corrected chi connectivity index (χ1v) is 18.1. The number of carbonyl (C=O) groups excluding carboxylic acids is 1. The summed E-state index contributed by atoms with van der Waals surface area (Å²) >= 11 is 1.74. The van der Waals surface area contributed by atoms with Crippen molar-refractivity contribution in [3.63, 3.8) is 0 Å². The molecule has 1 N–H and O–H groups in total. The lowest BCUT2D eigenvalue weighted by Crippen LogP contribution is -2.09. The van der Waals surface area contributed by atoms with Gasteiger partial charge in [0.05, 0.1) is 35.1 Å². The van der Waals surface area contributed by atoms with Crippen LogP contribution >= 0.6 is 11.8 Å². The van der Waals surface area contributed by atoms with Crippen molar-refractivity contribution in [1.29, 1.82) is 0 Å². The Hall–Kier alpha value is -3.66. The van der Waals surface area contributed by atoms with E-state index in [0.29, 0.717) is 23.8 Å². The quantitative estimate of drug-likeness (QED) is 0.0695. The number of benzene rings is 3. The molecule has 0 aliphatic rings. The number of hydrogen-bond donors (Lipinski definition) is 1. The summed E-state index contributed by atoms with van der Waals surface area (Å²) < 4.78 is 26.7. The number of aromatic nitrogens is 2. The van der Waals surface area contributed by atoms with Crippen molar-refractivity contribution in [3.8, 4) is 16.9 Å². The molecular weight excluding hydrogens is 615 g/mol. The number of thioether (sulfide) groups is 1. The zero-order chi connectivity index (χ0) is 32.9. The van der Waals surface area contributed by atoms with Crippen LogP contribution in [0, 0.1) is 6.92 Å². The lowest BCUT2D eigenvalue weighted by molar-refractivity contribution is -0.111. The Morgan fingerprint density at radius 2 is 1.74 bits per heavy atom. The first kappa shape index (κ1) is 35.2. The van der Waals surface area contributed by atoms with E-state index in [1.165, 1.54) is 11.8 Å². The van der Waals surface area contributed by atoms with E-state index in [1.807, 2.05) is 93.8 Å². The van der Waals surface area contributed by atoms with Crippen LogP contribution in [0.1, 0.15) is 57.5 Å². The Morgan fingerprint density at radius 1 is 1.00 bits per heavy atom. The Balaban J connectivity index is 1.40. The molecule has 0 aliphatic heterocycles. The number of anilines is 1. The molecule has 46 heavy (non-hydrogen) atoms. The predicted octanol–water partition coefficient (Wildman–Crippen LogP) is 8.53. The highest BCUT2D eigenvalue weighted by molar-refractivity contribution is 7.98. The molecule has 0 aliphatic carbocycles.